The molecule has 1 aromatic heterocycles. The molecule has 3 atom stereocenters. The molecule has 0 saturated carbocycles. The van der Waals surface area contributed by atoms with Gasteiger partial charge in [-0.1, -0.05) is 12.1 Å². The molecule has 194 valence electrons. The molecule has 3 unspecified atom stereocenters. The van der Waals surface area contributed by atoms with Gasteiger partial charge in [0.15, 0.2) is 0 Å². The van der Waals surface area contributed by atoms with Crippen LogP contribution in [-0.4, -0.2) is 41.4 Å². The number of sulfonamides is 1. The minimum absolute atomic E-state index is 0.0837. The molecule has 2 aromatic carbocycles. The minimum Gasteiger partial charge on any atom is -0.312 e. The van der Waals surface area contributed by atoms with Gasteiger partial charge in [-0.15, -0.1) is 0 Å². The molecule has 3 aliphatic rings. The fourth-order valence-electron chi connectivity index (χ4n) is 6.02. The Kier molecular flexibility index (Phi) is 5.68. The van der Waals surface area contributed by atoms with E-state index in [1.807, 2.05) is 24.3 Å². The third-order valence-corrected chi connectivity index (χ3v) is 9.76. The van der Waals surface area contributed by atoms with Gasteiger partial charge in [0.2, 0.25) is 15.9 Å². The van der Waals surface area contributed by atoms with Gasteiger partial charge >= 0.3 is 6.18 Å². The Morgan fingerprint density at radius 2 is 1.73 bits per heavy atom. The molecule has 2 saturated heterocycles. The molecule has 1 amide bonds. The van der Waals surface area contributed by atoms with Crippen molar-refractivity contribution in [2.24, 2.45) is 0 Å². The first-order chi connectivity index (χ1) is 17.6. The van der Waals surface area contributed by atoms with Gasteiger partial charge in [0.05, 0.1) is 22.7 Å². The fourth-order valence-corrected chi connectivity index (χ4v) is 7.83. The Hall–Kier alpha value is -3.18. The highest BCUT2D eigenvalue weighted by Gasteiger charge is 2.48. The summed E-state index contributed by atoms with van der Waals surface area (Å²) in [6.07, 6.45) is 0.0491. The van der Waals surface area contributed by atoms with Crippen molar-refractivity contribution in [2.75, 3.05) is 11.4 Å². The van der Waals surface area contributed by atoms with E-state index >= 15 is 0 Å². The van der Waals surface area contributed by atoms with E-state index in [1.54, 1.807) is 11.1 Å². The van der Waals surface area contributed by atoms with Crippen LogP contribution in [0.4, 0.5) is 18.9 Å². The molecule has 1 N–H and O–H groups in total. The number of halogens is 3. The van der Waals surface area contributed by atoms with Crippen LogP contribution >= 0.6 is 0 Å². The number of anilines is 1. The fraction of sp³-hybridized carbons (Fsp3) is 0.385. The van der Waals surface area contributed by atoms with Crippen molar-refractivity contribution in [3.05, 3.63) is 77.1 Å². The van der Waals surface area contributed by atoms with Crippen molar-refractivity contribution in [3.8, 4) is 0 Å². The van der Waals surface area contributed by atoms with Crippen LogP contribution in [0.5, 0.6) is 0 Å². The SMILES string of the molecule is O=C1CCCN1c1ccc(C2CC3Cc4[nH]ncc4C(C2)N3S(=O)(=O)c2ccc(C(F)(F)F)cc2)cc1. The number of carbonyl (C=O) groups excluding carboxylic acids is 1. The van der Waals surface area contributed by atoms with Gasteiger partial charge in [0, 0.05) is 42.4 Å². The lowest BCUT2D eigenvalue weighted by atomic mass is 9.76. The van der Waals surface area contributed by atoms with Crippen LogP contribution in [0.15, 0.2) is 59.6 Å². The Balaban J connectivity index is 1.30. The van der Waals surface area contributed by atoms with Crippen LogP contribution in [0, 0.1) is 0 Å². The van der Waals surface area contributed by atoms with Gasteiger partial charge in [0.25, 0.3) is 0 Å². The smallest absolute Gasteiger partial charge is 0.312 e. The second-order valence-corrected chi connectivity index (χ2v) is 11.8. The number of hydrogen-bond donors (Lipinski definition) is 1. The molecule has 37 heavy (non-hydrogen) atoms. The zero-order valence-corrected chi connectivity index (χ0v) is 20.6. The molecule has 4 heterocycles. The summed E-state index contributed by atoms with van der Waals surface area (Å²) >= 11 is 0. The lowest BCUT2D eigenvalue weighted by Crippen LogP contribution is -2.51. The number of hydrogen-bond acceptors (Lipinski definition) is 4. The number of piperidine rings is 1. The van der Waals surface area contributed by atoms with Crippen LogP contribution < -0.4 is 4.90 Å². The summed E-state index contributed by atoms with van der Waals surface area (Å²) in [5.74, 6) is 0.206. The molecule has 3 aliphatic heterocycles. The normalized spacial score (nSPS) is 24.4. The van der Waals surface area contributed by atoms with Crippen molar-refractivity contribution in [2.45, 2.75) is 61.2 Å². The highest BCUT2D eigenvalue weighted by atomic mass is 32.2. The number of rotatable bonds is 4. The van der Waals surface area contributed by atoms with Gasteiger partial charge < -0.3 is 4.90 Å². The standard InChI is InChI=1S/C26H25F3N4O3S/c27-26(28,29)18-5-9-21(10-6-18)37(35,36)33-20-12-17(13-24(33)22-15-30-31-23(22)14-20)16-3-7-19(8-4-16)32-11-1-2-25(32)34/h3-10,15,17,20,24H,1-2,11-14H2,(H,30,31). The summed E-state index contributed by atoms with van der Waals surface area (Å²) in [6.45, 7) is 0.714. The molecule has 0 spiro atoms. The summed E-state index contributed by atoms with van der Waals surface area (Å²) < 4.78 is 68.0. The summed E-state index contributed by atoms with van der Waals surface area (Å²) in [4.78, 5) is 13.7. The number of benzene rings is 2. The van der Waals surface area contributed by atoms with E-state index in [1.165, 1.54) is 4.31 Å². The molecule has 11 heteroatoms. The number of nitrogens with one attached hydrogen (secondary N) is 1. The Morgan fingerprint density at radius 3 is 2.38 bits per heavy atom. The van der Waals surface area contributed by atoms with Gasteiger partial charge in [-0.3, -0.25) is 9.89 Å². The van der Waals surface area contributed by atoms with Crippen molar-refractivity contribution in [1.29, 1.82) is 0 Å². The number of aromatic nitrogens is 2. The number of H-pyrrole nitrogens is 1. The number of amides is 1. The molecule has 0 radical (unpaired) electrons. The largest absolute Gasteiger partial charge is 0.416 e. The summed E-state index contributed by atoms with van der Waals surface area (Å²) in [6, 6.07) is 10.8. The van der Waals surface area contributed by atoms with Crippen LogP contribution in [0.25, 0.3) is 0 Å². The minimum atomic E-state index is -4.54. The van der Waals surface area contributed by atoms with E-state index in [0.717, 1.165) is 53.2 Å². The monoisotopic (exact) mass is 530 g/mol. The quantitative estimate of drug-likeness (QED) is 0.526. The first-order valence-corrected chi connectivity index (χ1v) is 13.7. The maximum Gasteiger partial charge on any atom is 0.416 e. The molecule has 2 fully saturated rings. The Bertz CT molecular complexity index is 1430. The lowest BCUT2D eigenvalue weighted by molar-refractivity contribution is -0.137. The predicted molar refractivity (Wildman–Crippen MR) is 129 cm³/mol. The van der Waals surface area contributed by atoms with E-state index in [2.05, 4.69) is 10.2 Å². The summed E-state index contributed by atoms with van der Waals surface area (Å²) in [5.41, 5.74) is 2.75. The molecule has 6 rings (SSSR count). The number of alkyl halides is 3. The first-order valence-electron chi connectivity index (χ1n) is 12.3. The van der Waals surface area contributed by atoms with Crippen molar-refractivity contribution >= 4 is 21.6 Å². The van der Waals surface area contributed by atoms with Crippen molar-refractivity contribution in [3.63, 3.8) is 0 Å². The number of nitrogens with zero attached hydrogens (tertiary/aromatic N) is 3. The Morgan fingerprint density at radius 1 is 1.00 bits per heavy atom. The maximum atomic E-state index is 13.7. The summed E-state index contributed by atoms with van der Waals surface area (Å²) in [5, 5.41) is 7.13. The molecule has 0 aliphatic carbocycles. The maximum absolute atomic E-state index is 13.7. The molecular formula is C26H25F3N4O3S. The van der Waals surface area contributed by atoms with Crippen molar-refractivity contribution in [1.82, 2.24) is 14.5 Å². The Labute approximate surface area is 212 Å². The molecule has 7 nitrogen and oxygen atoms in total. The highest BCUT2D eigenvalue weighted by Crippen LogP contribution is 2.49. The molecule has 3 aromatic rings. The third kappa shape index (κ3) is 4.14. The van der Waals surface area contributed by atoms with Crippen LogP contribution in [0.3, 0.4) is 0 Å². The number of fused-ring (bicyclic) bond motifs is 4. The zero-order chi connectivity index (χ0) is 25.9. The van der Waals surface area contributed by atoms with Gasteiger partial charge in [-0.05, 0) is 67.1 Å². The average molecular weight is 531 g/mol. The van der Waals surface area contributed by atoms with Gasteiger partial charge in [-0.2, -0.15) is 22.6 Å². The average Bonchev–Trinajstić information content (AvgIpc) is 3.52. The highest BCUT2D eigenvalue weighted by molar-refractivity contribution is 7.89. The lowest BCUT2D eigenvalue weighted by Gasteiger charge is -2.47. The van der Waals surface area contributed by atoms with Crippen LogP contribution in [0.1, 0.15) is 60.0 Å². The molecule has 2 bridgehead atoms. The number of aromatic amines is 1. The van der Waals surface area contributed by atoms with Gasteiger partial charge in [0.1, 0.15) is 0 Å². The molecular weight excluding hydrogens is 505 g/mol. The van der Waals surface area contributed by atoms with E-state index in [4.69, 9.17) is 0 Å². The second-order valence-electron chi connectivity index (χ2n) is 9.94. The van der Waals surface area contributed by atoms with E-state index in [-0.39, 0.29) is 22.8 Å². The van der Waals surface area contributed by atoms with Crippen LogP contribution in [0.2, 0.25) is 0 Å². The predicted octanol–water partition coefficient (Wildman–Crippen LogP) is 4.79. The topological polar surface area (TPSA) is 86.4 Å². The van der Waals surface area contributed by atoms with E-state index < -0.39 is 27.8 Å². The third-order valence-electron chi connectivity index (χ3n) is 7.79. The second kappa shape index (κ2) is 8.70. The van der Waals surface area contributed by atoms with Crippen LogP contribution in [-0.2, 0) is 27.4 Å². The van der Waals surface area contributed by atoms with Crippen molar-refractivity contribution < 1.29 is 26.4 Å². The zero-order valence-electron chi connectivity index (χ0n) is 19.8. The van der Waals surface area contributed by atoms with E-state index in [9.17, 15) is 26.4 Å². The number of carbonyl (C=O) groups is 1. The van der Waals surface area contributed by atoms with Gasteiger partial charge in [-0.25, -0.2) is 8.42 Å². The summed E-state index contributed by atoms with van der Waals surface area (Å²) in [7, 11) is -4.05. The first kappa shape index (κ1) is 24.2. The van der Waals surface area contributed by atoms with E-state index in [0.29, 0.717) is 32.2 Å².